The van der Waals surface area contributed by atoms with Crippen LogP contribution in [0.25, 0.3) is 11.1 Å². The summed E-state index contributed by atoms with van der Waals surface area (Å²) in [4.78, 5) is 4.02. The number of aryl methyl sites for hydroxylation is 1. The van der Waals surface area contributed by atoms with Crippen LogP contribution < -0.4 is 11.5 Å². The van der Waals surface area contributed by atoms with E-state index < -0.39 is 0 Å². The fourth-order valence-electron chi connectivity index (χ4n) is 1.86. The summed E-state index contributed by atoms with van der Waals surface area (Å²) in [5.74, 6) is 0.121. The van der Waals surface area contributed by atoms with Crippen molar-refractivity contribution in [2.45, 2.75) is 13.5 Å². The number of nitrogens with two attached hydrogens (primary N) is 2. The molecule has 0 aliphatic rings. The third-order valence-corrected chi connectivity index (χ3v) is 2.72. The molecule has 0 fully saturated rings. The van der Waals surface area contributed by atoms with Crippen molar-refractivity contribution in [1.29, 1.82) is 0 Å². The maximum absolute atomic E-state index is 5.34. The van der Waals surface area contributed by atoms with E-state index in [2.05, 4.69) is 48.3 Å². The average Bonchev–Trinajstić information content (AvgIpc) is 2.37. The molecule has 0 aliphatic carbocycles. The Morgan fingerprint density at radius 3 is 2.33 bits per heavy atom. The standard InChI is InChI=1S/C15H17N3/c1-11-4-2-6-13(8-11)14-7-3-5-12(9-14)10-18-15(16)17/h2-9H,10H2,1H3,(H4,16,17,18). The molecule has 0 saturated heterocycles. The number of guanidine groups is 1. The lowest BCUT2D eigenvalue weighted by molar-refractivity contribution is 1.06. The zero-order chi connectivity index (χ0) is 13.0. The smallest absolute Gasteiger partial charge is 0.186 e. The molecule has 0 radical (unpaired) electrons. The molecule has 2 aromatic carbocycles. The van der Waals surface area contributed by atoms with E-state index in [-0.39, 0.29) is 5.96 Å². The van der Waals surface area contributed by atoms with Gasteiger partial charge in [0.15, 0.2) is 5.96 Å². The van der Waals surface area contributed by atoms with Crippen LogP contribution in [0.5, 0.6) is 0 Å². The highest BCUT2D eigenvalue weighted by Crippen LogP contribution is 2.21. The number of hydrogen-bond donors (Lipinski definition) is 2. The quantitative estimate of drug-likeness (QED) is 0.638. The van der Waals surface area contributed by atoms with Gasteiger partial charge in [0.2, 0.25) is 0 Å². The van der Waals surface area contributed by atoms with Gasteiger partial charge in [-0.15, -0.1) is 0 Å². The van der Waals surface area contributed by atoms with Gasteiger partial charge < -0.3 is 11.5 Å². The molecule has 0 atom stereocenters. The van der Waals surface area contributed by atoms with Gasteiger partial charge in [-0.05, 0) is 29.7 Å². The molecule has 0 heterocycles. The van der Waals surface area contributed by atoms with Gasteiger partial charge in [0.25, 0.3) is 0 Å². The van der Waals surface area contributed by atoms with Crippen LogP contribution in [0.15, 0.2) is 53.5 Å². The van der Waals surface area contributed by atoms with Crippen molar-refractivity contribution >= 4 is 5.96 Å². The first kappa shape index (κ1) is 12.2. The largest absolute Gasteiger partial charge is 0.370 e. The van der Waals surface area contributed by atoms with Crippen molar-refractivity contribution in [3.05, 3.63) is 59.7 Å². The normalized spacial score (nSPS) is 10.1. The topological polar surface area (TPSA) is 64.4 Å². The lowest BCUT2D eigenvalue weighted by atomic mass is 10.0. The van der Waals surface area contributed by atoms with Gasteiger partial charge in [-0.2, -0.15) is 0 Å². The minimum atomic E-state index is 0.121. The molecule has 0 saturated carbocycles. The maximum Gasteiger partial charge on any atom is 0.186 e. The van der Waals surface area contributed by atoms with E-state index in [1.54, 1.807) is 0 Å². The summed E-state index contributed by atoms with van der Waals surface area (Å²) in [5, 5.41) is 0. The Morgan fingerprint density at radius 2 is 1.67 bits per heavy atom. The molecule has 0 spiro atoms. The van der Waals surface area contributed by atoms with Gasteiger partial charge in [-0.1, -0.05) is 48.0 Å². The van der Waals surface area contributed by atoms with Gasteiger partial charge >= 0.3 is 0 Å². The Morgan fingerprint density at radius 1 is 1.00 bits per heavy atom. The zero-order valence-corrected chi connectivity index (χ0v) is 10.4. The number of aliphatic imine (C=N–C) groups is 1. The molecule has 0 aliphatic heterocycles. The van der Waals surface area contributed by atoms with E-state index in [1.807, 2.05) is 12.1 Å². The van der Waals surface area contributed by atoms with Crippen molar-refractivity contribution in [2.24, 2.45) is 16.5 Å². The van der Waals surface area contributed by atoms with Gasteiger partial charge in [-0.25, -0.2) is 4.99 Å². The Hall–Kier alpha value is -2.29. The molecule has 3 heteroatoms. The van der Waals surface area contributed by atoms with E-state index in [1.165, 1.54) is 16.7 Å². The van der Waals surface area contributed by atoms with Crippen LogP contribution >= 0.6 is 0 Å². The molecule has 4 N–H and O–H groups in total. The van der Waals surface area contributed by atoms with Crippen molar-refractivity contribution in [3.63, 3.8) is 0 Å². The van der Waals surface area contributed by atoms with Crippen molar-refractivity contribution < 1.29 is 0 Å². The number of rotatable bonds is 3. The highest BCUT2D eigenvalue weighted by Gasteiger charge is 1.99. The van der Waals surface area contributed by atoms with Gasteiger partial charge in [-0.3, -0.25) is 0 Å². The summed E-state index contributed by atoms with van der Waals surface area (Å²) in [7, 11) is 0. The van der Waals surface area contributed by atoms with Crippen molar-refractivity contribution in [1.82, 2.24) is 0 Å². The summed E-state index contributed by atoms with van der Waals surface area (Å²) in [6, 6.07) is 16.7. The summed E-state index contributed by atoms with van der Waals surface area (Å²) in [6.45, 7) is 2.61. The molecule has 92 valence electrons. The van der Waals surface area contributed by atoms with Crippen LogP contribution in [-0.4, -0.2) is 5.96 Å². The fourth-order valence-corrected chi connectivity index (χ4v) is 1.86. The minimum Gasteiger partial charge on any atom is -0.370 e. The van der Waals surface area contributed by atoms with E-state index in [0.717, 1.165) is 5.56 Å². The van der Waals surface area contributed by atoms with Crippen LogP contribution in [0.2, 0.25) is 0 Å². The van der Waals surface area contributed by atoms with E-state index >= 15 is 0 Å². The molecular weight excluding hydrogens is 222 g/mol. The highest BCUT2D eigenvalue weighted by atomic mass is 15.0. The predicted molar refractivity (Wildman–Crippen MR) is 76.1 cm³/mol. The highest BCUT2D eigenvalue weighted by molar-refractivity contribution is 5.75. The SMILES string of the molecule is Cc1cccc(-c2cccc(CN=C(N)N)c2)c1. The summed E-state index contributed by atoms with van der Waals surface area (Å²) in [5.41, 5.74) is 15.4. The predicted octanol–water partition coefficient (Wildman–Crippen LogP) is 2.44. The second-order valence-corrected chi connectivity index (χ2v) is 4.31. The molecule has 0 aromatic heterocycles. The van der Waals surface area contributed by atoms with Crippen molar-refractivity contribution in [2.75, 3.05) is 0 Å². The van der Waals surface area contributed by atoms with Gasteiger partial charge in [0.05, 0.1) is 6.54 Å². The molecule has 2 aromatic rings. The Labute approximate surface area is 107 Å². The van der Waals surface area contributed by atoms with E-state index in [4.69, 9.17) is 11.5 Å². The molecular formula is C15H17N3. The zero-order valence-electron chi connectivity index (χ0n) is 10.4. The Bertz CT molecular complexity index is 569. The average molecular weight is 239 g/mol. The first-order valence-corrected chi connectivity index (χ1v) is 5.86. The molecule has 0 unspecified atom stereocenters. The number of benzene rings is 2. The van der Waals surface area contributed by atoms with Crippen LogP contribution in [0, 0.1) is 6.92 Å². The number of hydrogen-bond acceptors (Lipinski definition) is 1. The molecule has 2 rings (SSSR count). The van der Waals surface area contributed by atoms with E-state index in [0.29, 0.717) is 6.54 Å². The first-order valence-electron chi connectivity index (χ1n) is 5.86. The molecule has 0 amide bonds. The molecule has 3 nitrogen and oxygen atoms in total. The number of nitrogens with zero attached hydrogens (tertiary/aromatic N) is 1. The third-order valence-electron chi connectivity index (χ3n) is 2.72. The summed E-state index contributed by atoms with van der Waals surface area (Å²) >= 11 is 0. The van der Waals surface area contributed by atoms with Crippen molar-refractivity contribution in [3.8, 4) is 11.1 Å². The summed E-state index contributed by atoms with van der Waals surface area (Å²) < 4.78 is 0. The second-order valence-electron chi connectivity index (χ2n) is 4.31. The first-order chi connectivity index (χ1) is 8.65. The molecule has 18 heavy (non-hydrogen) atoms. The lowest BCUT2D eigenvalue weighted by Crippen LogP contribution is -2.22. The molecule has 0 bridgehead atoms. The summed E-state index contributed by atoms with van der Waals surface area (Å²) in [6.07, 6.45) is 0. The van der Waals surface area contributed by atoms with Crippen LogP contribution in [0.1, 0.15) is 11.1 Å². The minimum absolute atomic E-state index is 0.121. The lowest BCUT2D eigenvalue weighted by Gasteiger charge is -2.05. The monoisotopic (exact) mass is 239 g/mol. The Balaban J connectivity index is 2.30. The van der Waals surface area contributed by atoms with Gasteiger partial charge in [0, 0.05) is 0 Å². The van der Waals surface area contributed by atoms with Crippen LogP contribution in [0.3, 0.4) is 0 Å². The third kappa shape index (κ3) is 3.10. The van der Waals surface area contributed by atoms with E-state index in [9.17, 15) is 0 Å². The fraction of sp³-hybridized carbons (Fsp3) is 0.133. The maximum atomic E-state index is 5.34. The van der Waals surface area contributed by atoms with Crippen LogP contribution in [-0.2, 0) is 6.54 Å². The van der Waals surface area contributed by atoms with Gasteiger partial charge in [0.1, 0.15) is 0 Å². The Kier molecular flexibility index (Phi) is 3.63. The second kappa shape index (κ2) is 5.36. The van der Waals surface area contributed by atoms with Crippen LogP contribution in [0.4, 0.5) is 0 Å².